The van der Waals surface area contributed by atoms with Crippen LogP contribution in [-0.2, 0) is 6.16 Å². The summed E-state index contributed by atoms with van der Waals surface area (Å²) in [4.78, 5) is 0. The van der Waals surface area contributed by atoms with E-state index < -0.39 is 7.26 Å². The first kappa shape index (κ1) is 21.2. The van der Waals surface area contributed by atoms with Crippen LogP contribution < -0.4 is 38.6 Å². The molecule has 0 saturated heterocycles. The fourth-order valence-corrected chi connectivity index (χ4v) is 8.04. The first-order valence-corrected chi connectivity index (χ1v) is 11.3. The minimum atomic E-state index is -2.15. The van der Waals surface area contributed by atoms with E-state index in [9.17, 15) is 4.39 Å². The van der Waals surface area contributed by atoms with Crippen molar-refractivity contribution in [2.45, 2.75) is 6.16 Å². The number of hydrogen-bond donors (Lipinski definition) is 1. The van der Waals surface area contributed by atoms with Crippen LogP contribution in [0.1, 0.15) is 5.56 Å². The first-order valence-electron chi connectivity index (χ1n) is 9.29. The fourth-order valence-electron chi connectivity index (χ4n) is 3.75. The molecule has 0 aromatic heterocycles. The van der Waals surface area contributed by atoms with Gasteiger partial charge in [-0.15, -0.1) is 0 Å². The standard InChI is InChI=1S/C25H22FNP.BrH/c26-24-17-10-18-25(27)23(24)19-28(20-11-4-1-5-12-20,21-13-6-2-7-14-21)22-15-8-3-9-16-22;/h1-18H,19,27H2;1H/q+1;/p-1. The number of benzene rings is 4. The smallest absolute Gasteiger partial charge is 0.132 e. The highest BCUT2D eigenvalue weighted by Gasteiger charge is 2.46. The minimum Gasteiger partial charge on any atom is -1.00 e. The SMILES string of the molecule is Nc1cccc(F)c1C[P+](c1ccccc1)(c1ccccc1)c1ccccc1.[Br-]. The predicted octanol–water partition coefficient (Wildman–Crippen LogP) is 1.91. The van der Waals surface area contributed by atoms with Crippen LogP contribution in [-0.4, -0.2) is 0 Å². The van der Waals surface area contributed by atoms with Gasteiger partial charge >= 0.3 is 0 Å². The number of anilines is 1. The molecule has 2 N–H and O–H groups in total. The zero-order valence-electron chi connectivity index (χ0n) is 15.9. The van der Waals surface area contributed by atoms with Crippen molar-refractivity contribution in [1.29, 1.82) is 0 Å². The summed E-state index contributed by atoms with van der Waals surface area (Å²) in [6.45, 7) is 0. The molecule has 29 heavy (non-hydrogen) atoms. The zero-order valence-corrected chi connectivity index (χ0v) is 18.4. The van der Waals surface area contributed by atoms with E-state index in [2.05, 4.69) is 72.8 Å². The van der Waals surface area contributed by atoms with E-state index in [4.69, 9.17) is 5.73 Å². The van der Waals surface area contributed by atoms with Gasteiger partial charge in [0.05, 0.1) is 0 Å². The van der Waals surface area contributed by atoms with Crippen LogP contribution in [0.5, 0.6) is 0 Å². The maximum absolute atomic E-state index is 14.9. The van der Waals surface area contributed by atoms with Gasteiger partial charge in [0, 0.05) is 11.3 Å². The minimum absolute atomic E-state index is 0. The molecule has 146 valence electrons. The summed E-state index contributed by atoms with van der Waals surface area (Å²) >= 11 is 0. The van der Waals surface area contributed by atoms with E-state index in [1.54, 1.807) is 12.1 Å². The second-order valence-electron chi connectivity index (χ2n) is 6.78. The molecule has 0 heterocycles. The zero-order chi connectivity index (χ0) is 19.4. The Balaban J connectivity index is 0.00000240. The van der Waals surface area contributed by atoms with E-state index >= 15 is 0 Å². The summed E-state index contributed by atoms with van der Waals surface area (Å²) in [6.07, 6.45) is 0.545. The molecular weight excluding hydrogens is 444 g/mol. The number of nitrogens with two attached hydrogens (primary N) is 1. The van der Waals surface area contributed by atoms with Crippen LogP contribution in [0, 0.1) is 5.82 Å². The molecule has 0 saturated carbocycles. The van der Waals surface area contributed by atoms with Gasteiger partial charge in [-0.3, -0.25) is 0 Å². The van der Waals surface area contributed by atoms with Gasteiger partial charge < -0.3 is 22.7 Å². The average Bonchev–Trinajstić information content (AvgIpc) is 2.76. The summed E-state index contributed by atoms with van der Waals surface area (Å²) in [7, 11) is -2.15. The molecule has 0 bridgehead atoms. The number of hydrogen-bond acceptors (Lipinski definition) is 1. The highest BCUT2D eigenvalue weighted by molar-refractivity contribution is 7.95. The van der Waals surface area contributed by atoms with Gasteiger partial charge in [-0.25, -0.2) is 4.39 Å². The van der Waals surface area contributed by atoms with Crippen molar-refractivity contribution >= 4 is 28.9 Å². The van der Waals surface area contributed by atoms with Gasteiger partial charge in [-0.1, -0.05) is 60.7 Å². The number of nitrogen functional groups attached to an aromatic ring is 1. The van der Waals surface area contributed by atoms with E-state index in [1.165, 1.54) is 22.0 Å². The molecule has 0 aliphatic rings. The Morgan fingerprint density at radius 3 is 1.38 bits per heavy atom. The Labute approximate surface area is 182 Å². The molecule has 0 aliphatic heterocycles. The second-order valence-corrected chi connectivity index (χ2v) is 10.3. The van der Waals surface area contributed by atoms with Crippen LogP contribution >= 0.6 is 7.26 Å². The van der Waals surface area contributed by atoms with E-state index in [0.29, 0.717) is 17.4 Å². The van der Waals surface area contributed by atoms with Gasteiger partial charge in [0.2, 0.25) is 0 Å². The molecule has 0 radical (unpaired) electrons. The third kappa shape index (κ3) is 4.12. The van der Waals surface area contributed by atoms with Crippen molar-refractivity contribution in [3.8, 4) is 0 Å². The normalized spacial score (nSPS) is 10.9. The third-order valence-electron chi connectivity index (χ3n) is 5.14. The Morgan fingerprint density at radius 2 is 1.00 bits per heavy atom. The Kier molecular flexibility index (Phi) is 6.84. The molecule has 0 unspecified atom stereocenters. The molecule has 4 aromatic carbocycles. The molecule has 0 fully saturated rings. The number of rotatable bonds is 5. The molecule has 0 aliphatic carbocycles. The van der Waals surface area contributed by atoms with Crippen LogP contribution in [0.3, 0.4) is 0 Å². The van der Waals surface area contributed by atoms with Crippen molar-refractivity contribution in [1.82, 2.24) is 0 Å². The molecule has 4 heteroatoms. The van der Waals surface area contributed by atoms with Crippen LogP contribution in [0.25, 0.3) is 0 Å². The summed E-state index contributed by atoms with van der Waals surface area (Å²) in [6, 6.07) is 36.3. The van der Waals surface area contributed by atoms with Gasteiger partial charge in [-0.2, -0.15) is 0 Å². The van der Waals surface area contributed by atoms with Crippen LogP contribution in [0.4, 0.5) is 10.1 Å². The van der Waals surface area contributed by atoms with Crippen molar-refractivity contribution < 1.29 is 21.4 Å². The Morgan fingerprint density at radius 1 is 0.586 bits per heavy atom. The third-order valence-corrected chi connectivity index (χ3v) is 9.47. The molecule has 0 atom stereocenters. The van der Waals surface area contributed by atoms with E-state index in [-0.39, 0.29) is 22.8 Å². The second kappa shape index (κ2) is 9.35. The van der Waals surface area contributed by atoms with Crippen LogP contribution in [0.2, 0.25) is 0 Å². The maximum Gasteiger partial charge on any atom is 0.132 e. The molecule has 4 rings (SSSR count). The average molecular weight is 466 g/mol. The highest BCUT2D eigenvalue weighted by atomic mass is 79.9. The molecular formula is C25H22BrFNP. The lowest BCUT2D eigenvalue weighted by Crippen LogP contribution is -3.00. The number of halogens is 2. The van der Waals surface area contributed by atoms with Crippen molar-refractivity contribution in [2.75, 3.05) is 5.73 Å². The van der Waals surface area contributed by atoms with Crippen molar-refractivity contribution in [3.63, 3.8) is 0 Å². The maximum atomic E-state index is 14.9. The topological polar surface area (TPSA) is 26.0 Å². The van der Waals surface area contributed by atoms with Gasteiger partial charge in [0.25, 0.3) is 0 Å². The monoisotopic (exact) mass is 465 g/mol. The van der Waals surface area contributed by atoms with E-state index in [1.807, 2.05) is 18.2 Å². The van der Waals surface area contributed by atoms with Crippen molar-refractivity contribution in [3.05, 3.63) is 121 Å². The largest absolute Gasteiger partial charge is 1.00 e. The lowest BCUT2D eigenvalue weighted by molar-refractivity contribution is -0.00000603. The Bertz CT molecular complexity index is 939. The van der Waals surface area contributed by atoms with Crippen molar-refractivity contribution in [2.24, 2.45) is 0 Å². The molecule has 1 nitrogen and oxygen atoms in total. The summed E-state index contributed by atoms with van der Waals surface area (Å²) in [5.74, 6) is -0.243. The summed E-state index contributed by atoms with van der Waals surface area (Å²) in [5, 5.41) is 3.65. The highest BCUT2D eigenvalue weighted by Crippen LogP contribution is 2.58. The molecule has 0 amide bonds. The molecule has 0 spiro atoms. The molecule has 4 aromatic rings. The lowest BCUT2D eigenvalue weighted by atomic mass is 10.2. The Hall–Kier alpha value is -2.48. The summed E-state index contributed by atoms with van der Waals surface area (Å²) in [5.41, 5.74) is 7.34. The first-order chi connectivity index (χ1) is 13.7. The predicted molar refractivity (Wildman–Crippen MR) is 120 cm³/mol. The lowest BCUT2D eigenvalue weighted by Gasteiger charge is -2.28. The van der Waals surface area contributed by atoms with Gasteiger partial charge in [-0.05, 0) is 48.5 Å². The van der Waals surface area contributed by atoms with Crippen LogP contribution in [0.15, 0.2) is 109 Å². The fraction of sp³-hybridized carbons (Fsp3) is 0.0400. The van der Waals surface area contributed by atoms with Gasteiger partial charge in [0.15, 0.2) is 0 Å². The van der Waals surface area contributed by atoms with E-state index in [0.717, 1.165) is 0 Å². The quantitative estimate of drug-likeness (QED) is 0.353. The summed E-state index contributed by atoms with van der Waals surface area (Å²) < 4.78 is 14.9. The van der Waals surface area contributed by atoms with Gasteiger partial charge in [0.1, 0.15) is 35.2 Å².